The first-order valence-electron chi connectivity index (χ1n) is 8.23. The number of aliphatic imine (C=N–C) groups is 1. The lowest BCUT2D eigenvalue weighted by Crippen LogP contribution is -2.37. The molecule has 2 fully saturated rings. The summed E-state index contributed by atoms with van der Waals surface area (Å²) in [7, 11) is -3.00. The van der Waals surface area contributed by atoms with E-state index in [0.717, 1.165) is 0 Å². The Bertz CT molecular complexity index is 669. The second-order valence-electron chi connectivity index (χ2n) is 7.05. The van der Waals surface area contributed by atoms with Crippen molar-refractivity contribution in [3.63, 3.8) is 0 Å². The zero-order valence-electron chi connectivity index (χ0n) is 14.9. The van der Waals surface area contributed by atoms with Crippen molar-refractivity contribution in [2.45, 2.75) is 51.0 Å². The molecule has 25 heavy (non-hydrogen) atoms. The third-order valence-electron chi connectivity index (χ3n) is 3.74. The lowest BCUT2D eigenvalue weighted by Gasteiger charge is -2.22. The largest absolute Gasteiger partial charge is 0.444 e. The molecule has 0 saturated carbocycles. The van der Waals surface area contributed by atoms with Crippen LogP contribution in [0.5, 0.6) is 0 Å². The fourth-order valence-corrected chi connectivity index (χ4v) is 6.79. The summed E-state index contributed by atoms with van der Waals surface area (Å²) in [5.74, 6) is -0.0992. The van der Waals surface area contributed by atoms with E-state index in [9.17, 15) is 18.0 Å². The number of sulfone groups is 1. The monoisotopic (exact) mass is 391 g/mol. The number of nitrogens with zero attached hydrogens (tertiary/aromatic N) is 2. The number of fused-ring (bicyclic) bond motifs is 1. The SMILES string of the molecule is CCN1C(=NC(=O)CCNC(=O)OC(C)(C)C)S[C@H]2CS(=O)(=O)C[C@H]21. The Morgan fingerprint density at radius 3 is 2.64 bits per heavy atom. The second-order valence-corrected chi connectivity index (χ2v) is 10.4. The lowest BCUT2D eigenvalue weighted by atomic mass is 10.2. The Labute approximate surface area is 152 Å². The van der Waals surface area contributed by atoms with Crippen LogP contribution in [-0.2, 0) is 19.4 Å². The number of rotatable bonds is 4. The molecule has 0 radical (unpaired) electrons. The van der Waals surface area contributed by atoms with Crippen LogP contribution in [0.25, 0.3) is 0 Å². The van der Waals surface area contributed by atoms with E-state index < -0.39 is 21.5 Å². The van der Waals surface area contributed by atoms with Crippen LogP contribution in [0.3, 0.4) is 0 Å². The fraction of sp³-hybridized carbons (Fsp3) is 0.800. The predicted octanol–water partition coefficient (Wildman–Crippen LogP) is 1.02. The molecule has 2 rings (SSSR count). The van der Waals surface area contributed by atoms with Gasteiger partial charge in [0.1, 0.15) is 5.60 Å². The third kappa shape index (κ3) is 5.60. The molecule has 0 aliphatic carbocycles. The third-order valence-corrected chi connectivity index (χ3v) is 6.99. The molecule has 2 amide bonds. The van der Waals surface area contributed by atoms with Crippen LogP contribution >= 0.6 is 11.8 Å². The minimum absolute atomic E-state index is 0.0589. The summed E-state index contributed by atoms with van der Waals surface area (Å²) in [6, 6.07) is -0.105. The van der Waals surface area contributed by atoms with Crippen molar-refractivity contribution in [3.8, 4) is 0 Å². The van der Waals surface area contributed by atoms with Gasteiger partial charge in [0.15, 0.2) is 15.0 Å². The molecule has 0 aromatic heterocycles. The number of amides is 2. The fourth-order valence-electron chi connectivity index (χ4n) is 2.75. The number of hydrogen-bond donors (Lipinski definition) is 1. The number of hydrogen-bond acceptors (Lipinski definition) is 6. The summed E-state index contributed by atoms with van der Waals surface area (Å²) in [5, 5.41) is 3.04. The molecule has 0 aromatic carbocycles. The number of ether oxygens (including phenoxy) is 1. The van der Waals surface area contributed by atoms with Gasteiger partial charge in [-0.15, -0.1) is 0 Å². The standard InChI is InChI=1S/C15H25N3O5S2/c1-5-18-10-8-25(21,22)9-11(10)24-13(18)17-12(19)6-7-16-14(20)23-15(2,3)4/h10-11H,5-9H2,1-4H3,(H,16,20)/t10-,11+/m1/s1. The van der Waals surface area contributed by atoms with Gasteiger partial charge >= 0.3 is 6.09 Å². The first-order chi connectivity index (χ1) is 11.5. The van der Waals surface area contributed by atoms with Crippen molar-refractivity contribution in [2.24, 2.45) is 4.99 Å². The molecule has 142 valence electrons. The van der Waals surface area contributed by atoms with E-state index in [1.54, 1.807) is 20.8 Å². The van der Waals surface area contributed by atoms with E-state index in [1.165, 1.54) is 11.8 Å². The molecule has 2 aliphatic rings. The van der Waals surface area contributed by atoms with Crippen molar-refractivity contribution < 1.29 is 22.7 Å². The quantitative estimate of drug-likeness (QED) is 0.763. The van der Waals surface area contributed by atoms with Crippen molar-refractivity contribution in [1.82, 2.24) is 10.2 Å². The molecule has 0 bridgehead atoms. The molecule has 8 nitrogen and oxygen atoms in total. The van der Waals surface area contributed by atoms with Gasteiger partial charge in [0.05, 0.1) is 17.5 Å². The summed E-state index contributed by atoms with van der Waals surface area (Å²) in [5.41, 5.74) is -0.589. The smallest absolute Gasteiger partial charge is 0.407 e. The van der Waals surface area contributed by atoms with Gasteiger partial charge in [-0.3, -0.25) is 4.79 Å². The van der Waals surface area contributed by atoms with Crippen LogP contribution in [0.4, 0.5) is 4.79 Å². The number of amidine groups is 1. The van der Waals surface area contributed by atoms with Gasteiger partial charge in [-0.05, 0) is 27.7 Å². The van der Waals surface area contributed by atoms with E-state index >= 15 is 0 Å². The minimum Gasteiger partial charge on any atom is -0.444 e. The van der Waals surface area contributed by atoms with Crippen molar-refractivity contribution in [3.05, 3.63) is 0 Å². The molecule has 1 N–H and O–H groups in total. The van der Waals surface area contributed by atoms with Gasteiger partial charge in [0.25, 0.3) is 0 Å². The topological polar surface area (TPSA) is 105 Å². The summed E-state index contributed by atoms with van der Waals surface area (Å²) in [6.07, 6.45) is -0.507. The van der Waals surface area contributed by atoms with Gasteiger partial charge < -0.3 is 15.0 Å². The molecule has 2 heterocycles. The molecule has 0 unspecified atom stereocenters. The molecule has 0 spiro atoms. The molecule has 0 aromatic rings. The first kappa shape index (κ1) is 20.0. The van der Waals surface area contributed by atoms with E-state index in [1.807, 2.05) is 11.8 Å². The Kier molecular flexibility index (Phi) is 6.03. The highest BCUT2D eigenvalue weighted by Gasteiger charge is 2.48. The van der Waals surface area contributed by atoms with Crippen LogP contribution in [0, 0.1) is 0 Å². The Morgan fingerprint density at radius 2 is 2.04 bits per heavy atom. The van der Waals surface area contributed by atoms with Crippen LogP contribution in [0.2, 0.25) is 0 Å². The maximum absolute atomic E-state index is 12.0. The van der Waals surface area contributed by atoms with Gasteiger partial charge in [0, 0.05) is 24.8 Å². The normalized spacial score (nSPS) is 26.6. The van der Waals surface area contributed by atoms with Crippen LogP contribution < -0.4 is 5.32 Å². The lowest BCUT2D eigenvalue weighted by molar-refractivity contribution is -0.117. The molecular weight excluding hydrogens is 366 g/mol. The zero-order valence-corrected chi connectivity index (χ0v) is 16.6. The second kappa shape index (κ2) is 7.53. The van der Waals surface area contributed by atoms with Crippen molar-refractivity contribution in [2.75, 3.05) is 24.6 Å². The molecular formula is C15H25N3O5S2. The van der Waals surface area contributed by atoms with Crippen LogP contribution in [0.15, 0.2) is 4.99 Å². The summed E-state index contributed by atoms with van der Waals surface area (Å²) < 4.78 is 28.6. The number of thioether (sulfide) groups is 1. The maximum Gasteiger partial charge on any atom is 0.407 e. The average molecular weight is 392 g/mol. The van der Waals surface area contributed by atoms with Gasteiger partial charge in [-0.2, -0.15) is 4.99 Å². The highest BCUT2D eigenvalue weighted by Crippen LogP contribution is 2.37. The van der Waals surface area contributed by atoms with Gasteiger partial charge in [0.2, 0.25) is 5.91 Å². The highest BCUT2D eigenvalue weighted by atomic mass is 32.2. The number of alkyl carbamates (subject to hydrolysis) is 1. The maximum atomic E-state index is 12.0. The van der Waals surface area contributed by atoms with Crippen molar-refractivity contribution in [1.29, 1.82) is 0 Å². The summed E-state index contributed by atoms with van der Waals surface area (Å²) >= 11 is 1.36. The highest BCUT2D eigenvalue weighted by molar-refractivity contribution is 8.15. The predicted molar refractivity (Wildman–Crippen MR) is 97.5 cm³/mol. The number of nitrogens with one attached hydrogen (secondary N) is 1. The summed E-state index contributed by atoms with van der Waals surface area (Å²) in [4.78, 5) is 29.6. The molecule has 2 atom stereocenters. The van der Waals surface area contributed by atoms with E-state index in [-0.39, 0.29) is 41.7 Å². The van der Waals surface area contributed by atoms with Crippen LogP contribution in [-0.4, -0.2) is 72.0 Å². The van der Waals surface area contributed by atoms with Crippen molar-refractivity contribution >= 4 is 38.8 Å². The number of carbonyl (C=O) groups is 2. The Morgan fingerprint density at radius 1 is 1.36 bits per heavy atom. The molecule has 2 saturated heterocycles. The minimum atomic E-state index is -3.00. The van der Waals surface area contributed by atoms with Gasteiger partial charge in [-0.25, -0.2) is 13.2 Å². The van der Waals surface area contributed by atoms with E-state index in [4.69, 9.17) is 4.74 Å². The Hall–Kier alpha value is -1.29. The first-order valence-corrected chi connectivity index (χ1v) is 10.9. The number of carbonyl (C=O) groups excluding carboxylic acids is 2. The van der Waals surface area contributed by atoms with E-state index in [0.29, 0.717) is 11.7 Å². The van der Waals surface area contributed by atoms with Crippen LogP contribution in [0.1, 0.15) is 34.1 Å². The van der Waals surface area contributed by atoms with E-state index in [2.05, 4.69) is 10.3 Å². The Balaban J connectivity index is 1.86. The average Bonchev–Trinajstić information content (AvgIpc) is 2.87. The summed E-state index contributed by atoms with van der Waals surface area (Å²) in [6.45, 7) is 7.94. The molecule has 2 aliphatic heterocycles. The van der Waals surface area contributed by atoms with Gasteiger partial charge in [-0.1, -0.05) is 11.8 Å². The molecule has 10 heteroatoms. The zero-order chi connectivity index (χ0) is 18.8.